The quantitative estimate of drug-likeness (QED) is 0.188. The zero-order valence-electron chi connectivity index (χ0n) is 20.0. The predicted molar refractivity (Wildman–Crippen MR) is 130 cm³/mol. The molecule has 1 aromatic carbocycles. The molecule has 206 valence electrons. The van der Waals surface area contributed by atoms with Crippen LogP contribution in [0.4, 0.5) is 18.9 Å². The number of aromatic nitrogens is 1. The van der Waals surface area contributed by atoms with Crippen LogP contribution in [0.15, 0.2) is 52.4 Å². The monoisotopic (exact) mass is 558 g/mol. The molecule has 0 aliphatic heterocycles. The average Bonchev–Trinajstić information content (AvgIpc) is 3.57. The van der Waals surface area contributed by atoms with Crippen LogP contribution in [0.25, 0.3) is 0 Å². The molecule has 0 radical (unpaired) electrons. The number of oxime groups is 1. The molecule has 0 bridgehead atoms. The Kier molecular flexibility index (Phi) is 8.34. The second-order valence-corrected chi connectivity index (χ2v) is 10.4. The van der Waals surface area contributed by atoms with Crippen molar-refractivity contribution in [2.45, 2.75) is 43.8 Å². The number of amides is 2. The summed E-state index contributed by atoms with van der Waals surface area (Å²) in [5, 5.41) is 7.17. The molecule has 1 aromatic heterocycles. The van der Waals surface area contributed by atoms with Crippen molar-refractivity contribution in [3.8, 4) is 0 Å². The zero-order chi connectivity index (χ0) is 28.1. The normalized spacial score (nSPS) is 14.9. The summed E-state index contributed by atoms with van der Waals surface area (Å²) in [5.74, 6) is -4.18. The molecule has 1 aliphatic carbocycles. The van der Waals surface area contributed by atoms with Crippen LogP contribution in [-0.2, 0) is 36.7 Å². The standard InChI is InChI=1S/C22H25F3N6O6S/c1-14-7-8-16(30-38(35,36)12-15-5-3-2-4-6-15)18(33)31(14)11-17(32)28-21(9-10-21)13-37-29-20(26)27-19(34)22(23,24)25/h2-8,30H,9-13H2,1H3,(H,28,32)(H3,26,27,29,34). The maximum Gasteiger partial charge on any atom is 0.471 e. The summed E-state index contributed by atoms with van der Waals surface area (Å²) < 4.78 is 65.1. The van der Waals surface area contributed by atoms with E-state index in [0.29, 0.717) is 24.1 Å². The van der Waals surface area contributed by atoms with Gasteiger partial charge in [0, 0.05) is 5.69 Å². The van der Waals surface area contributed by atoms with Crippen molar-refractivity contribution in [2.75, 3.05) is 11.3 Å². The highest BCUT2D eigenvalue weighted by Crippen LogP contribution is 2.35. The molecule has 1 fully saturated rings. The van der Waals surface area contributed by atoms with Crippen LogP contribution in [0, 0.1) is 6.92 Å². The molecule has 38 heavy (non-hydrogen) atoms. The minimum Gasteiger partial charge on any atom is -0.390 e. The van der Waals surface area contributed by atoms with E-state index in [0.717, 1.165) is 4.57 Å². The molecule has 0 atom stereocenters. The lowest BCUT2D eigenvalue weighted by molar-refractivity contribution is -0.171. The number of nitrogens with zero attached hydrogens (tertiary/aromatic N) is 2. The Balaban J connectivity index is 1.60. The summed E-state index contributed by atoms with van der Waals surface area (Å²) in [4.78, 5) is 41.3. The maximum absolute atomic E-state index is 12.9. The number of halogens is 3. The Bertz CT molecular complexity index is 1390. The van der Waals surface area contributed by atoms with Gasteiger partial charge in [-0.2, -0.15) is 13.2 Å². The van der Waals surface area contributed by atoms with E-state index in [4.69, 9.17) is 10.6 Å². The summed E-state index contributed by atoms with van der Waals surface area (Å²) in [6.07, 6.45) is -4.24. The van der Waals surface area contributed by atoms with Gasteiger partial charge in [0.15, 0.2) is 0 Å². The van der Waals surface area contributed by atoms with Gasteiger partial charge in [0.1, 0.15) is 18.8 Å². The van der Waals surface area contributed by atoms with Gasteiger partial charge in [-0.05, 0) is 42.6 Å². The molecule has 0 spiro atoms. The maximum atomic E-state index is 12.9. The molecular weight excluding hydrogens is 533 g/mol. The fraction of sp³-hybridized carbons (Fsp3) is 0.364. The van der Waals surface area contributed by atoms with Crippen molar-refractivity contribution in [1.82, 2.24) is 15.2 Å². The third kappa shape index (κ3) is 7.96. The Morgan fingerprint density at radius 3 is 2.42 bits per heavy atom. The first kappa shape index (κ1) is 28.5. The molecule has 0 saturated heterocycles. The van der Waals surface area contributed by atoms with Crippen molar-refractivity contribution in [3.63, 3.8) is 0 Å². The number of aryl methyl sites for hydroxylation is 1. The molecule has 0 unspecified atom stereocenters. The van der Waals surface area contributed by atoms with Crippen LogP contribution < -0.4 is 26.6 Å². The molecule has 1 saturated carbocycles. The number of benzene rings is 1. The summed E-state index contributed by atoms with van der Waals surface area (Å²) in [6, 6.07) is 11.2. The highest BCUT2D eigenvalue weighted by Gasteiger charge is 2.45. The lowest BCUT2D eigenvalue weighted by Crippen LogP contribution is -2.45. The topological polar surface area (TPSA) is 174 Å². The number of alkyl halides is 3. The predicted octanol–water partition coefficient (Wildman–Crippen LogP) is 0.672. The van der Waals surface area contributed by atoms with Crippen LogP contribution in [0.1, 0.15) is 24.1 Å². The smallest absolute Gasteiger partial charge is 0.390 e. The number of guanidine groups is 1. The first-order valence-corrected chi connectivity index (χ1v) is 12.7. The van der Waals surface area contributed by atoms with Crippen LogP contribution in [0.3, 0.4) is 0 Å². The summed E-state index contributed by atoms with van der Waals surface area (Å²) in [6.45, 7) is 0.877. The van der Waals surface area contributed by atoms with Gasteiger partial charge in [-0.15, -0.1) is 0 Å². The Morgan fingerprint density at radius 1 is 1.16 bits per heavy atom. The average molecular weight is 559 g/mol. The minimum atomic E-state index is -5.15. The van der Waals surface area contributed by atoms with Gasteiger partial charge >= 0.3 is 12.1 Å². The number of carbonyl (C=O) groups excluding carboxylic acids is 2. The van der Waals surface area contributed by atoms with E-state index in [1.807, 2.05) is 0 Å². The number of hydrogen-bond acceptors (Lipinski definition) is 7. The van der Waals surface area contributed by atoms with Crippen molar-refractivity contribution in [1.29, 1.82) is 0 Å². The molecule has 16 heteroatoms. The number of anilines is 1. The van der Waals surface area contributed by atoms with E-state index in [1.54, 1.807) is 37.3 Å². The lowest BCUT2D eigenvalue weighted by atomic mass is 10.2. The molecule has 12 nitrogen and oxygen atoms in total. The van der Waals surface area contributed by atoms with E-state index in [9.17, 15) is 36.0 Å². The SMILES string of the molecule is Cc1ccc(NS(=O)(=O)Cc2ccccc2)c(=O)n1CC(=O)NC1(CON=C(N)NC(=O)C(F)(F)F)CC1. The highest BCUT2D eigenvalue weighted by atomic mass is 32.2. The van der Waals surface area contributed by atoms with Gasteiger partial charge < -0.3 is 20.5 Å². The Hall–Kier alpha value is -4.08. The second-order valence-electron chi connectivity index (χ2n) is 8.66. The number of carbonyl (C=O) groups is 2. The zero-order valence-corrected chi connectivity index (χ0v) is 20.9. The number of nitrogens with two attached hydrogens (primary N) is 1. The fourth-order valence-corrected chi connectivity index (χ4v) is 4.51. The molecule has 2 amide bonds. The third-order valence-electron chi connectivity index (χ3n) is 5.42. The van der Waals surface area contributed by atoms with Crippen molar-refractivity contribution >= 4 is 33.5 Å². The summed E-state index contributed by atoms with van der Waals surface area (Å²) >= 11 is 0. The van der Waals surface area contributed by atoms with Gasteiger partial charge in [-0.25, -0.2) is 8.42 Å². The number of rotatable bonds is 10. The van der Waals surface area contributed by atoms with Gasteiger partial charge in [0.2, 0.25) is 21.9 Å². The van der Waals surface area contributed by atoms with Crippen molar-refractivity contribution in [3.05, 3.63) is 64.1 Å². The number of hydrogen-bond donors (Lipinski definition) is 4. The van der Waals surface area contributed by atoms with Gasteiger partial charge in [0.25, 0.3) is 5.56 Å². The molecule has 1 aliphatic rings. The molecule has 3 rings (SSSR count). The van der Waals surface area contributed by atoms with Crippen LogP contribution in [-0.4, -0.2) is 49.1 Å². The van der Waals surface area contributed by atoms with Crippen LogP contribution in [0.2, 0.25) is 0 Å². The van der Waals surface area contributed by atoms with Gasteiger partial charge in [0.05, 0.1) is 11.3 Å². The number of nitrogens with one attached hydrogen (secondary N) is 3. The van der Waals surface area contributed by atoms with Crippen molar-refractivity contribution < 1.29 is 36.0 Å². The largest absolute Gasteiger partial charge is 0.471 e. The third-order valence-corrected chi connectivity index (χ3v) is 6.66. The van der Waals surface area contributed by atoms with Crippen LogP contribution in [0.5, 0.6) is 0 Å². The summed E-state index contributed by atoms with van der Waals surface area (Å²) in [5.41, 5.74) is 4.26. The number of sulfonamides is 1. The first-order valence-electron chi connectivity index (χ1n) is 11.1. The van der Waals surface area contributed by atoms with Gasteiger partial charge in [-0.3, -0.25) is 24.4 Å². The Labute approximate surface area is 215 Å². The highest BCUT2D eigenvalue weighted by molar-refractivity contribution is 7.91. The van der Waals surface area contributed by atoms with E-state index in [1.165, 1.54) is 17.4 Å². The van der Waals surface area contributed by atoms with E-state index >= 15 is 0 Å². The van der Waals surface area contributed by atoms with E-state index < -0.39 is 51.6 Å². The molecule has 2 aromatic rings. The minimum absolute atomic E-state index is 0.227. The molecule has 5 N–H and O–H groups in total. The second kappa shape index (κ2) is 11.1. The molecular formula is C22H25F3N6O6S. The first-order chi connectivity index (χ1) is 17.7. The lowest BCUT2D eigenvalue weighted by Gasteiger charge is -2.18. The Morgan fingerprint density at radius 2 is 1.82 bits per heavy atom. The fourth-order valence-electron chi connectivity index (χ4n) is 3.31. The van der Waals surface area contributed by atoms with E-state index in [-0.39, 0.29) is 18.0 Å². The number of pyridine rings is 1. The van der Waals surface area contributed by atoms with Gasteiger partial charge in [-0.1, -0.05) is 30.3 Å². The van der Waals surface area contributed by atoms with Crippen LogP contribution >= 0.6 is 0 Å². The van der Waals surface area contributed by atoms with Crippen molar-refractivity contribution in [2.24, 2.45) is 10.9 Å². The summed E-state index contributed by atoms with van der Waals surface area (Å²) in [7, 11) is -3.91. The molecule has 1 heterocycles. The van der Waals surface area contributed by atoms with E-state index in [2.05, 4.69) is 15.2 Å².